The van der Waals surface area contributed by atoms with Gasteiger partial charge in [0.05, 0.1) is 23.4 Å². The number of nitrogens with one attached hydrogen (secondary N) is 2. The van der Waals surface area contributed by atoms with Crippen LogP contribution in [0.2, 0.25) is 5.02 Å². The Hall–Kier alpha value is -3.45. The minimum atomic E-state index is -0.451. The molecule has 1 heterocycles. The molecule has 0 saturated carbocycles. The second-order valence-corrected chi connectivity index (χ2v) is 5.80. The number of methoxy groups -OCH3 is 1. The summed E-state index contributed by atoms with van der Waals surface area (Å²) in [6.45, 7) is 0. The predicted molar refractivity (Wildman–Crippen MR) is 103 cm³/mol. The fourth-order valence-corrected chi connectivity index (χ4v) is 2.45. The van der Waals surface area contributed by atoms with Crippen molar-refractivity contribution < 1.29 is 14.3 Å². The molecule has 8 heteroatoms. The third kappa shape index (κ3) is 4.59. The summed E-state index contributed by atoms with van der Waals surface area (Å²) in [5.41, 5.74) is 1.62. The highest BCUT2D eigenvalue weighted by molar-refractivity contribution is 6.33. The predicted octanol–water partition coefficient (Wildman–Crippen LogP) is 3.91. The second kappa shape index (κ2) is 8.29. The topological polar surface area (TPSA) is 93.2 Å². The number of amides is 1. The van der Waals surface area contributed by atoms with Crippen molar-refractivity contribution in [2.24, 2.45) is 0 Å². The number of para-hydroxylation sites is 1. The van der Waals surface area contributed by atoms with Crippen LogP contribution in [0.4, 0.5) is 17.3 Å². The Balaban J connectivity index is 1.77. The number of esters is 1. The van der Waals surface area contributed by atoms with Gasteiger partial charge in [-0.3, -0.25) is 4.79 Å². The van der Waals surface area contributed by atoms with Crippen LogP contribution in [0.15, 0.2) is 60.8 Å². The van der Waals surface area contributed by atoms with Crippen LogP contribution in [0.1, 0.15) is 20.8 Å². The van der Waals surface area contributed by atoms with Gasteiger partial charge in [-0.1, -0.05) is 29.8 Å². The van der Waals surface area contributed by atoms with Crippen molar-refractivity contribution in [1.82, 2.24) is 9.97 Å². The Bertz CT molecular complexity index is 994. The first-order valence-electron chi connectivity index (χ1n) is 7.91. The number of halogens is 1. The van der Waals surface area contributed by atoms with Crippen molar-refractivity contribution in [2.45, 2.75) is 0 Å². The van der Waals surface area contributed by atoms with Gasteiger partial charge in [0, 0.05) is 11.9 Å². The van der Waals surface area contributed by atoms with E-state index in [0.29, 0.717) is 22.0 Å². The summed E-state index contributed by atoms with van der Waals surface area (Å²) >= 11 is 6.05. The summed E-state index contributed by atoms with van der Waals surface area (Å²) in [7, 11) is 1.31. The lowest BCUT2D eigenvalue weighted by molar-refractivity contribution is 0.0600. The molecule has 1 amide bonds. The average molecular weight is 383 g/mol. The molecular weight excluding hydrogens is 368 g/mol. The largest absolute Gasteiger partial charge is 0.465 e. The number of carbonyl (C=O) groups excluding carboxylic acids is 2. The number of ether oxygens (including phenoxy) is 1. The molecule has 0 spiro atoms. The number of hydrogen-bond acceptors (Lipinski definition) is 6. The van der Waals surface area contributed by atoms with Crippen molar-refractivity contribution in [1.29, 1.82) is 0 Å². The van der Waals surface area contributed by atoms with Crippen LogP contribution in [0.5, 0.6) is 0 Å². The fourth-order valence-electron chi connectivity index (χ4n) is 2.27. The summed E-state index contributed by atoms with van der Waals surface area (Å²) in [4.78, 5) is 32.3. The second-order valence-electron chi connectivity index (χ2n) is 5.40. The molecular formula is C19H15ClN4O3. The third-order valence-corrected chi connectivity index (χ3v) is 3.88. The highest BCUT2D eigenvalue weighted by Crippen LogP contribution is 2.21. The maximum absolute atomic E-state index is 12.4. The van der Waals surface area contributed by atoms with Gasteiger partial charge in [0.15, 0.2) is 0 Å². The van der Waals surface area contributed by atoms with E-state index in [-0.39, 0.29) is 11.6 Å². The van der Waals surface area contributed by atoms with Gasteiger partial charge in [-0.05, 0) is 36.4 Å². The SMILES string of the molecule is COC(=O)c1cccc(Nc2nccc(C(=O)Nc3ccccc3Cl)n2)c1. The number of benzene rings is 2. The van der Waals surface area contributed by atoms with E-state index < -0.39 is 11.9 Å². The molecule has 0 aliphatic rings. The number of aromatic nitrogens is 2. The number of carbonyl (C=O) groups is 2. The highest BCUT2D eigenvalue weighted by Gasteiger charge is 2.12. The number of nitrogens with zero attached hydrogens (tertiary/aromatic N) is 2. The van der Waals surface area contributed by atoms with Crippen LogP contribution in [-0.2, 0) is 4.74 Å². The zero-order valence-corrected chi connectivity index (χ0v) is 15.0. The van der Waals surface area contributed by atoms with Crippen LogP contribution in [0.25, 0.3) is 0 Å². The molecule has 0 saturated heterocycles. The number of hydrogen-bond donors (Lipinski definition) is 2. The molecule has 0 radical (unpaired) electrons. The summed E-state index contributed by atoms with van der Waals surface area (Å²) in [5.74, 6) is -0.659. The van der Waals surface area contributed by atoms with Crippen LogP contribution in [0.3, 0.4) is 0 Å². The minimum absolute atomic E-state index is 0.163. The van der Waals surface area contributed by atoms with Gasteiger partial charge >= 0.3 is 5.97 Å². The Morgan fingerprint density at radius 3 is 2.67 bits per heavy atom. The molecule has 0 aliphatic heterocycles. The summed E-state index contributed by atoms with van der Waals surface area (Å²) in [5, 5.41) is 6.09. The molecule has 136 valence electrons. The van der Waals surface area contributed by atoms with Crippen molar-refractivity contribution >= 4 is 40.8 Å². The van der Waals surface area contributed by atoms with E-state index in [1.54, 1.807) is 48.5 Å². The quantitative estimate of drug-likeness (QED) is 0.650. The normalized spacial score (nSPS) is 10.1. The molecule has 1 aromatic heterocycles. The Kier molecular flexibility index (Phi) is 5.63. The molecule has 7 nitrogen and oxygen atoms in total. The Morgan fingerprint density at radius 2 is 1.89 bits per heavy atom. The van der Waals surface area contributed by atoms with E-state index >= 15 is 0 Å². The smallest absolute Gasteiger partial charge is 0.337 e. The van der Waals surface area contributed by atoms with Crippen LogP contribution in [-0.4, -0.2) is 29.0 Å². The molecule has 0 aliphatic carbocycles. The van der Waals surface area contributed by atoms with E-state index in [4.69, 9.17) is 16.3 Å². The monoisotopic (exact) mass is 382 g/mol. The lowest BCUT2D eigenvalue weighted by Crippen LogP contribution is -2.15. The maximum atomic E-state index is 12.4. The molecule has 0 unspecified atom stereocenters. The molecule has 0 atom stereocenters. The lowest BCUT2D eigenvalue weighted by atomic mass is 10.2. The standard InChI is InChI=1S/C19H15ClN4O3/c1-27-18(26)12-5-4-6-13(11-12)22-19-21-10-9-16(24-19)17(25)23-15-8-3-2-7-14(15)20/h2-11H,1H3,(H,23,25)(H,21,22,24). The van der Waals surface area contributed by atoms with Gasteiger partial charge in [-0.25, -0.2) is 14.8 Å². The van der Waals surface area contributed by atoms with E-state index in [9.17, 15) is 9.59 Å². The average Bonchev–Trinajstić information content (AvgIpc) is 2.69. The van der Waals surface area contributed by atoms with Crippen LogP contribution in [0, 0.1) is 0 Å². The third-order valence-electron chi connectivity index (χ3n) is 3.55. The molecule has 27 heavy (non-hydrogen) atoms. The van der Waals surface area contributed by atoms with Crippen LogP contribution >= 0.6 is 11.6 Å². The van der Waals surface area contributed by atoms with Crippen LogP contribution < -0.4 is 10.6 Å². The first-order valence-corrected chi connectivity index (χ1v) is 8.29. The first-order chi connectivity index (χ1) is 13.1. The van der Waals surface area contributed by atoms with Crippen molar-refractivity contribution in [3.05, 3.63) is 77.1 Å². The number of rotatable bonds is 5. The zero-order valence-electron chi connectivity index (χ0n) is 14.3. The summed E-state index contributed by atoms with van der Waals surface area (Å²) in [6.07, 6.45) is 1.46. The van der Waals surface area contributed by atoms with Gasteiger partial charge in [-0.15, -0.1) is 0 Å². The van der Waals surface area contributed by atoms with Crippen molar-refractivity contribution in [2.75, 3.05) is 17.7 Å². The van der Waals surface area contributed by atoms with Gasteiger partial charge in [0.1, 0.15) is 5.69 Å². The van der Waals surface area contributed by atoms with Gasteiger partial charge in [-0.2, -0.15) is 0 Å². The van der Waals surface area contributed by atoms with Gasteiger partial charge in [0.2, 0.25) is 5.95 Å². The fraction of sp³-hybridized carbons (Fsp3) is 0.0526. The Labute approximate surface area is 160 Å². The van der Waals surface area contributed by atoms with Crippen molar-refractivity contribution in [3.8, 4) is 0 Å². The molecule has 2 N–H and O–H groups in total. The van der Waals surface area contributed by atoms with E-state index in [1.807, 2.05) is 0 Å². The van der Waals surface area contributed by atoms with Gasteiger partial charge in [0.25, 0.3) is 5.91 Å². The van der Waals surface area contributed by atoms with E-state index in [0.717, 1.165) is 0 Å². The number of anilines is 3. The Morgan fingerprint density at radius 1 is 1.07 bits per heavy atom. The molecule has 3 rings (SSSR count). The highest BCUT2D eigenvalue weighted by atomic mass is 35.5. The zero-order chi connectivity index (χ0) is 19.2. The van der Waals surface area contributed by atoms with Crippen molar-refractivity contribution in [3.63, 3.8) is 0 Å². The molecule has 3 aromatic rings. The van der Waals surface area contributed by atoms with E-state index in [2.05, 4.69) is 20.6 Å². The summed E-state index contributed by atoms with van der Waals surface area (Å²) in [6, 6.07) is 15.1. The summed E-state index contributed by atoms with van der Waals surface area (Å²) < 4.78 is 4.70. The minimum Gasteiger partial charge on any atom is -0.465 e. The van der Waals surface area contributed by atoms with E-state index in [1.165, 1.54) is 19.4 Å². The lowest BCUT2D eigenvalue weighted by Gasteiger charge is -2.09. The maximum Gasteiger partial charge on any atom is 0.337 e. The molecule has 0 bridgehead atoms. The molecule has 0 fully saturated rings. The molecule has 2 aromatic carbocycles. The van der Waals surface area contributed by atoms with Gasteiger partial charge < -0.3 is 15.4 Å². The first kappa shape index (κ1) is 18.3.